The van der Waals surface area contributed by atoms with Crippen molar-refractivity contribution < 1.29 is 17.9 Å². The minimum atomic E-state index is -3.90. The number of hydrogen-bond acceptors (Lipinski definition) is 4. The van der Waals surface area contributed by atoms with Crippen molar-refractivity contribution in [2.45, 2.75) is 59.2 Å². The lowest BCUT2D eigenvalue weighted by Gasteiger charge is -2.24. The van der Waals surface area contributed by atoms with Gasteiger partial charge in [-0.3, -0.25) is 0 Å². The molecule has 1 saturated heterocycles. The lowest BCUT2D eigenvalue weighted by Crippen LogP contribution is -2.40. The summed E-state index contributed by atoms with van der Waals surface area (Å²) in [5.41, 5.74) is 0.151. The number of ether oxygens (including phenoxy) is 1. The van der Waals surface area contributed by atoms with Gasteiger partial charge in [0.15, 0.2) is 0 Å². The van der Waals surface area contributed by atoms with Crippen LogP contribution in [0.2, 0.25) is 0 Å². The molecule has 1 atom stereocenters. The molecule has 1 amide bonds. The molecular formula is C18H28N2O4S. The average Bonchev–Trinajstić information content (AvgIpc) is 2.70. The van der Waals surface area contributed by atoms with Gasteiger partial charge in [0.25, 0.3) is 0 Å². The Morgan fingerprint density at radius 2 is 1.84 bits per heavy atom. The maximum atomic E-state index is 13.0. The van der Waals surface area contributed by atoms with Crippen molar-refractivity contribution in [2.24, 2.45) is 5.92 Å². The second-order valence-electron chi connectivity index (χ2n) is 7.83. The first kappa shape index (κ1) is 19.7. The Morgan fingerprint density at radius 3 is 2.36 bits per heavy atom. The predicted molar refractivity (Wildman–Crippen MR) is 97.1 cm³/mol. The fourth-order valence-corrected chi connectivity index (χ4v) is 4.56. The van der Waals surface area contributed by atoms with E-state index in [1.54, 1.807) is 20.8 Å². The lowest BCUT2D eigenvalue weighted by molar-refractivity contribution is 0.0396. The van der Waals surface area contributed by atoms with Crippen LogP contribution in [0.15, 0.2) is 30.3 Å². The zero-order chi connectivity index (χ0) is 18.8. The van der Waals surface area contributed by atoms with Crippen molar-refractivity contribution in [3.8, 4) is 0 Å². The minimum absolute atomic E-state index is 0.127. The van der Waals surface area contributed by atoms with Crippen molar-refractivity contribution in [1.82, 2.24) is 8.61 Å². The Bertz CT molecular complexity index is 696. The summed E-state index contributed by atoms with van der Waals surface area (Å²) in [6.45, 7) is 9.64. The minimum Gasteiger partial charge on any atom is -0.443 e. The van der Waals surface area contributed by atoms with Gasteiger partial charge >= 0.3 is 16.3 Å². The predicted octanol–water partition coefficient (Wildman–Crippen LogP) is 3.40. The number of hydrogen-bond donors (Lipinski definition) is 0. The maximum Gasteiger partial charge on any atom is 0.425 e. The number of benzene rings is 1. The van der Waals surface area contributed by atoms with E-state index < -0.39 is 21.9 Å². The number of rotatable bonds is 4. The Morgan fingerprint density at radius 1 is 1.24 bits per heavy atom. The number of amides is 1. The van der Waals surface area contributed by atoms with E-state index in [1.807, 2.05) is 44.2 Å². The maximum absolute atomic E-state index is 13.0. The van der Waals surface area contributed by atoms with E-state index in [0.29, 0.717) is 12.3 Å². The monoisotopic (exact) mass is 368 g/mol. The summed E-state index contributed by atoms with van der Waals surface area (Å²) in [7, 11) is -3.90. The Labute approximate surface area is 150 Å². The van der Waals surface area contributed by atoms with Crippen LogP contribution in [0.3, 0.4) is 0 Å². The van der Waals surface area contributed by atoms with Crippen LogP contribution in [0.1, 0.15) is 46.6 Å². The van der Waals surface area contributed by atoms with Crippen molar-refractivity contribution in [3.63, 3.8) is 0 Å². The van der Waals surface area contributed by atoms with Gasteiger partial charge in [0.2, 0.25) is 0 Å². The van der Waals surface area contributed by atoms with E-state index in [0.717, 1.165) is 9.87 Å². The molecule has 1 aliphatic heterocycles. The fourth-order valence-electron chi connectivity index (χ4n) is 2.88. The normalized spacial score (nSPS) is 20.9. The van der Waals surface area contributed by atoms with Gasteiger partial charge in [-0.2, -0.15) is 17.0 Å². The molecule has 1 aromatic rings. The third-order valence-corrected chi connectivity index (χ3v) is 5.76. The lowest BCUT2D eigenvalue weighted by atomic mass is 10.0. The van der Waals surface area contributed by atoms with Crippen LogP contribution in [0.25, 0.3) is 0 Å². The largest absolute Gasteiger partial charge is 0.443 e. The van der Waals surface area contributed by atoms with E-state index in [9.17, 15) is 13.2 Å². The zero-order valence-electron chi connectivity index (χ0n) is 15.6. The van der Waals surface area contributed by atoms with Crippen molar-refractivity contribution in [1.29, 1.82) is 0 Å². The highest BCUT2D eigenvalue weighted by Crippen LogP contribution is 2.30. The molecule has 0 radical (unpaired) electrons. The molecule has 2 rings (SSSR count). The molecule has 1 aliphatic rings. The average molecular weight is 368 g/mol. The molecule has 1 unspecified atom stereocenters. The summed E-state index contributed by atoms with van der Waals surface area (Å²) in [4.78, 5) is 12.4. The van der Waals surface area contributed by atoms with Gasteiger partial charge in [-0.15, -0.1) is 0 Å². The zero-order valence-corrected chi connectivity index (χ0v) is 16.4. The molecule has 140 valence electrons. The van der Waals surface area contributed by atoms with Gasteiger partial charge < -0.3 is 4.74 Å². The van der Waals surface area contributed by atoms with Gasteiger partial charge in [0.1, 0.15) is 5.60 Å². The fraction of sp³-hybridized carbons (Fsp3) is 0.611. The second kappa shape index (κ2) is 7.33. The van der Waals surface area contributed by atoms with Gasteiger partial charge in [-0.25, -0.2) is 4.79 Å². The Kier molecular flexibility index (Phi) is 5.79. The van der Waals surface area contributed by atoms with Crippen LogP contribution in [0, 0.1) is 5.92 Å². The highest BCUT2D eigenvalue weighted by molar-refractivity contribution is 7.87. The molecule has 0 spiro atoms. The van der Waals surface area contributed by atoms with Gasteiger partial charge in [-0.1, -0.05) is 44.2 Å². The molecule has 1 heterocycles. The van der Waals surface area contributed by atoms with Crippen molar-refractivity contribution >= 4 is 16.3 Å². The molecule has 1 aromatic carbocycles. The topological polar surface area (TPSA) is 66.9 Å². The summed E-state index contributed by atoms with van der Waals surface area (Å²) in [5, 5.41) is 0. The number of carbonyl (C=O) groups excluding carboxylic acids is 1. The molecule has 0 N–H and O–H groups in total. The molecule has 25 heavy (non-hydrogen) atoms. The van der Waals surface area contributed by atoms with E-state index in [-0.39, 0.29) is 19.1 Å². The molecule has 0 bridgehead atoms. The van der Waals surface area contributed by atoms with Crippen LogP contribution < -0.4 is 0 Å². The Balaban J connectivity index is 2.29. The molecule has 0 saturated carbocycles. The summed E-state index contributed by atoms with van der Waals surface area (Å²) in [6, 6.07) is 9.16. The van der Waals surface area contributed by atoms with E-state index in [2.05, 4.69) is 0 Å². The molecule has 7 heteroatoms. The van der Waals surface area contributed by atoms with Gasteiger partial charge in [-0.05, 0) is 38.7 Å². The van der Waals surface area contributed by atoms with Gasteiger partial charge in [0.05, 0.1) is 6.54 Å². The standard InChI is InChI=1S/C18H28N2O4S/c1-14(2)11-16-13-20(17(21)24-18(3,4)5)25(22,23)19(16)12-15-9-7-6-8-10-15/h6-10,14,16H,11-13H2,1-5H3. The van der Waals surface area contributed by atoms with E-state index in [4.69, 9.17) is 4.74 Å². The first-order valence-electron chi connectivity index (χ1n) is 8.57. The number of nitrogens with zero attached hydrogens (tertiary/aromatic N) is 2. The van der Waals surface area contributed by atoms with Crippen LogP contribution in [-0.4, -0.2) is 41.3 Å². The first-order chi connectivity index (χ1) is 11.5. The van der Waals surface area contributed by atoms with Crippen LogP contribution >= 0.6 is 0 Å². The SMILES string of the molecule is CC(C)CC1CN(C(=O)OC(C)(C)C)S(=O)(=O)N1Cc1ccccc1. The van der Waals surface area contributed by atoms with Gasteiger partial charge in [0, 0.05) is 12.6 Å². The third-order valence-electron chi connectivity index (χ3n) is 3.88. The molecule has 6 nitrogen and oxygen atoms in total. The summed E-state index contributed by atoms with van der Waals surface area (Å²) >= 11 is 0. The molecule has 0 aromatic heterocycles. The second-order valence-corrected chi connectivity index (χ2v) is 9.64. The summed E-state index contributed by atoms with van der Waals surface area (Å²) < 4.78 is 33.5. The third kappa shape index (κ3) is 4.95. The highest BCUT2D eigenvalue weighted by Gasteiger charge is 2.47. The number of carbonyl (C=O) groups is 1. The van der Waals surface area contributed by atoms with Crippen LogP contribution in [-0.2, 0) is 21.5 Å². The summed E-state index contributed by atoms with van der Waals surface area (Å²) in [5.74, 6) is 0.317. The van der Waals surface area contributed by atoms with Crippen LogP contribution in [0.5, 0.6) is 0 Å². The molecule has 1 fully saturated rings. The Hall–Kier alpha value is -1.60. The van der Waals surface area contributed by atoms with Crippen molar-refractivity contribution in [3.05, 3.63) is 35.9 Å². The smallest absolute Gasteiger partial charge is 0.425 e. The highest BCUT2D eigenvalue weighted by atomic mass is 32.2. The summed E-state index contributed by atoms with van der Waals surface area (Å²) in [6.07, 6.45) is -0.123. The molecular weight excluding hydrogens is 340 g/mol. The van der Waals surface area contributed by atoms with Crippen molar-refractivity contribution in [2.75, 3.05) is 6.54 Å². The van der Waals surface area contributed by atoms with E-state index >= 15 is 0 Å². The van der Waals surface area contributed by atoms with E-state index in [1.165, 1.54) is 4.31 Å². The van der Waals surface area contributed by atoms with Crippen LogP contribution in [0.4, 0.5) is 4.79 Å². The first-order valence-corrected chi connectivity index (χ1v) is 9.97. The quantitative estimate of drug-likeness (QED) is 0.817. The molecule has 0 aliphatic carbocycles.